The van der Waals surface area contributed by atoms with Crippen molar-refractivity contribution in [1.82, 2.24) is 29.6 Å². The van der Waals surface area contributed by atoms with Crippen LogP contribution in [0.15, 0.2) is 17.2 Å². The van der Waals surface area contributed by atoms with Gasteiger partial charge in [-0.05, 0) is 0 Å². The molecular formula is C24H31F2N7O2SSe. The number of fused-ring (bicyclic) bond motifs is 1. The number of hydrogen-bond donors (Lipinski definition) is 2. The van der Waals surface area contributed by atoms with E-state index in [9.17, 15) is 17.2 Å². The van der Waals surface area contributed by atoms with E-state index in [2.05, 4.69) is 39.0 Å². The molecule has 37 heavy (non-hydrogen) atoms. The van der Waals surface area contributed by atoms with Crippen LogP contribution in [0.3, 0.4) is 0 Å². The standard InChI is InChI=1S/C24H31F2N7O2SSe/c1-13-10-32(11-14(2)27-13)17-9-16(36(34,35)31-24(3)7-8-24)12-33-19(22-29-30-23(37-22)20(25)26)18(28-21(17)33)15-5-4-6-15/h9,12-15,20,27,31H,4-8,10-11H2,1-3H3/t13-,14-/m0/s1. The number of aromatic nitrogens is 4. The summed E-state index contributed by atoms with van der Waals surface area (Å²) < 4.78 is 58.9. The van der Waals surface area contributed by atoms with Crippen LogP contribution in [0.4, 0.5) is 14.5 Å². The molecule has 2 atom stereocenters. The Labute approximate surface area is 220 Å². The van der Waals surface area contributed by atoms with Gasteiger partial charge in [0.05, 0.1) is 0 Å². The molecule has 200 valence electrons. The first-order chi connectivity index (χ1) is 17.5. The average Bonchev–Trinajstić information content (AvgIpc) is 3.17. The Bertz CT molecular complexity index is 1440. The van der Waals surface area contributed by atoms with Gasteiger partial charge in [0.15, 0.2) is 0 Å². The van der Waals surface area contributed by atoms with Crippen LogP contribution in [0.1, 0.15) is 75.5 Å². The molecule has 2 saturated carbocycles. The van der Waals surface area contributed by atoms with E-state index < -0.39 is 36.5 Å². The van der Waals surface area contributed by atoms with Gasteiger partial charge < -0.3 is 0 Å². The fraction of sp³-hybridized carbons (Fsp3) is 0.625. The number of pyridine rings is 1. The Kier molecular flexibility index (Phi) is 6.23. The summed E-state index contributed by atoms with van der Waals surface area (Å²) in [5, 5.41) is 11.5. The average molecular weight is 599 g/mol. The Morgan fingerprint density at radius 1 is 1.19 bits per heavy atom. The fourth-order valence-corrected chi connectivity index (χ4v) is 8.35. The van der Waals surface area contributed by atoms with Gasteiger partial charge in [-0.3, -0.25) is 0 Å². The molecule has 0 unspecified atom stereocenters. The molecule has 3 aliphatic rings. The molecule has 0 aromatic carbocycles. The minimum absolute atomic E-state index is 0.141. The first kappa shape index (κ1) is 25.4. The molecular weight excluding hydrogens is 567 g/mol. The first-order valence-corrected chi connectivity index (χ1v) is 16.0. The molecule has 2 N–H and O–H groups in total. The molecule has 4 heterocycles. The van der Waals surface area contributed by atoms with E-state index in [1.165, 1.54) is 0 Å². The number of rotatable bonds is 7. The fourth-order valence-electron chi connectivity index (χ4n) is 5.29. The van der Waals surface area contributed by atoms with E-state index in [4.69, 9.17) is 4.98 Å². The summed E-state index contributed by atoms with van der Waals surface area (Å²) in [6.45, 7) is 7.50. The zero-order valence-corrected chi connectivity index (χ0v) is 23.6. The molecule has 6 rings (SSSR count). The van der Waals surface area contributed by atoms with Gasteiger partial charge in [-0.25, -0.2) is 0 Å². The van der Waals surface area contributed by atoms with Gasteiger partial charge in [-0.1, -0.05) is 0 Å². The van der Waals surface area contributed by atoms with E-state index >= 15 is 0 Å². The predicted octanol–water partition coefficient (Wildman–Crippen LogP) is 3.07. The van der Waals surface area contributed by atoms with Gasteiger partial charge >= 0.3 is 221 Å². The second kappa shape index (κ2) is 9.08. The van der Waals surface area contributed by atoms with Crippen LogP contribution < -0.4 is 14.9 Å². The molecule has 0 bridgehead atoms. The van der Waals surface area contributed by atoms with Crippen LogP contribution in [0.2, 0.25) is 0 Å². The Balaban J connectivity index is 1.58. The van der Waals surface area contributed by atoms with Gasteiger partial charge in [0.1, 0.15) is 0 Å². The normalized spacial score (nSPS) is 24.1. The van der Waals surface area contributed by atoms with E-state index in [1.807, 2.05) is 6.92 Å². The third-order valence-corrected chi connectivity index (χ3v) is 11.2. The van der Waals surface area contributed by atoms with Crippen molar-refractivity contribution >= 4 is 35.9 Å². The van der Waals surface area contributed by atoms with Gasteiger partial charge in [0, 0.05) is 0 Å². The quantitative estimate of drug-likeness (QED) is 0.403. The topological polar surface area (TPSA) is 105 Å². The number of halogens is 2. The van der Waals surface area contributed by atoms with Crippen molar-refractivity contribution in [3.8, 4) is 10.3 Å². The van der Waals surface area contributed by atoms with Crippen molar-refractivity contribution in [1.29, 1.82) is 0 Å². The molecule has 0 amide bonds. The maximum atomic E-state index is 13.6. The van der Waals surface area contributed by atoms with Crippen LogP contribution in [-0.2, 0) is 10.0 Å². The van der Waals surface area contributed by atoms with Crippen LogP contribution in [0.25, 0.3) is 15.9 Å². The van der Waals surface area contributed by atoms with Crippen molar-refractivity contribution in [2.75, 3.05) is 18.0 Å². The molecule has 0 spiro atoms. The third kappa shape index (κ3) is 4.73. The van der Waals surface area contributed by atoms with Crippen molar-refractivity contribution in [2.24, 2.45) is 0 Å². The van der Waals surface area contributed by atoms with Crippen LogP contribution in [0.5, 0.6) is 0 Å². The molecule has 2 aliphatic carbocycles. The number of anilines is 1. The summed E-state index contributed by atoms with van der Waals surface area (Å²) >= 11 is -0.754. The molecule has 1 aliphatic heterocycles. The summed E-state index contributed by atoms with van der Waals surface area (Å²) in [6, 6.07) is 2.13. The van der Waals surface area contributed by atoms with Crippen LogP contribution in [0, 0.1) is 0 Å². The Morgan fingerprint density at radius 2 is 1.89 bits per heavy atom. The van der Waals surface area contributed by atoms with Crippen LogP contribution in [-0.4, -0.2) is 73.2 Å². The zero-order valence-electron chi connectivity index (χ0n) is 21.0. The van der Waals surface area contributed by atoms with Crippen molar-refractivity contribution in [3.05, 3.63) is 22.5 Å². The van der Waals surface area contributed by atoms with E-state index in [0.29, 0.717) is 29.0 Å². The summed E-state index contributed by atoms with van der Waals surface area (Å²) in [6.07, 6.45) is 3.52. The second-order valence-electron chi connectivity index (χ2n) is 11.0. The number of nitrogens with one attached hydrogen (secondary N) is 2. The van der Waals surface area contributed by atoms with E-state index in [-0.39, 0.29) is 27.5 Å². The zero-order chi connectivity index (χ0) is 26.1. The van der Waals surface area contributed by atoms with E-state index in [0.717, 1.165) is 43.5 Å². The van der Waals surface area contributed by atoms with Gasteiger partial charge in [0.2, 0.25) is 0 Å². The number of sulfonamides is 1. The minimum atomic E-state index is -3.83. The number of imidazole rings is 1. The molecule has 9 nitrogen and oxygen atoms in total. The summed E-state index contributed by atoms with van der Waals surface area (Å²) in [5.74, 6) is 0.196. The van der Waals surface area contributed by atoms with E-state index in [1.54, 1.807) is 16.7 Å². The number of piperazine rings is 1. The van der Waals surface area contributed by atoms with Gasteiger partial charge in [-0.2, -0.15) is 0 Å². The summed E-state index contributed by atoms with van der Waals surface area (Å²) in [7, 11) is -3.83. The Hall–Kier alpha value is -1.92. The SMILES string of the molecule is C[C@H]1CN(c2cc(S(=O)(=O)NC3(C)CC3)cn3c(-c4nnc(C(F)F)[se]4)c(C4CCC4)nc23)C[C@H](C)N1. The molecule has 3 aromatic rings. The summed E-state index contributed by atoms with van der Waals surface area (Å²) in [5.41, 5.74) is 2.38. The van der Waals surface area contributed by atoms with Gasteiger partial charge in [-0.15, -0.1) is 0 Å². The van der Waals surface area contributed by atoms with Crippen molar-refractivity contribution in [2.45, 2.75) is 87.7 Å². The van der Waals surface area contributed by atoms with Crippen molar-refractivity contribution in [3.63, 3.8) is 0 Å². The molecule has 13 heteroatoms. The number of hydrogen-bond acceptors (Lipinski definition) is 7. The maximum absolute atomic E-state index is 13.6. The molecule has 0 radical (unpaired) electrons. The number of nitrogens with zero attached hydrogens (tertiary/aromatic N) is 5. The summed E-state index contributed by atoms with van der Waals surface area (Å²) in [4.78, 5) is 7.39. The Morgan fingerprint density at radius 3 is 2.46 bits per heavy atom. The molecule has 3 fully saturated rings. The monoisotopic (exact) mass is 599 g/mol. The first-order valence-electron chi connectivity index (χ1n) is 12.8. The number of alkyl halides is 2. The van der Waals surface area contributed by atoms with Crippen LogP contribution >= 0.6 is 0 Å². The molecule has 3 aromatic heterocycles. The predicted molar refractivity (Wildman–Crippen MR) is 137 cm³/mol. The van der Waals surface area contributed by atoms with Gasteiger partial charge in [0.25, 0.3) is 0 Å². The molecule has 1 saturated heterocycles. The van der Waals surface area contributed by atoms with Crippen molar-refractivity contribution < 1.29 is 17.2 Å². The second-order valence-corrected chi connectivity index (χ2v) is 14.8. The third-order valence-electron chi connectivity index (χ3n) is 7.61.